The van der Waals surface area contributed by atoms with E-state index in [1.54, 1.807) is 18.3 Å². The molecule has 1 aromatic carbocycles. The molecule has 3 aromatic rings. The van der Waals surface area contributed by atoms with Crippen LogP contribution in [0.1, 0.15) is 16.2 Å². The Morgan fingerprint density at radius 3 is 2.46 bits per heavy atom. The van der Waals surface area contributed by atoms with Crippen molar-refractivity contribution < 1.29 is 27.3 Å². The van der Waals surface area contributed by atoms with E-state index in [0.29, 0.717) is 5.69 Å². The number of aromatic nitrogens is 3. The van der Waals surface area contributed by atoms with E-state index in [1.165, 1.54) is 30.5 Å². The van der Waals surface area contributed by atoms with Crippen molar-refractivity contribution in [3.63, 3.8) is 0 Å². The molecule has 0 saturated carbocycles. The van der Waals surface area contributed by atoms with Gasteiger partial charge in [0.2, 0.25) is 11.7 Å². The highest BCUT2D eigenvalue weighted by Crippen LogP contribution is 2.29. The van der Waals surface area contributed by atoms with E-state index < -0.39 is 23.9 Å². The van der Waals surface area contributed by atoms with Gasteiger partial charge in [-0.15, -0.1) is 0 Å². The van der Waals surface area contributed by atoms with Gasteiger partial charge in [-0.1, -0.05) is 17.3 Å². The van der Waals surface area contributed by atoms with Crippen LogP contribution in [0.4, 0.5) is 18.9 Å². The van der Waals surface area contributed by atoms with Gasteiger partial charge in [0.25, 0.3) is 5.91 Å². The number of alkyl halides is 3. The maximum atomic E-state index is 12.5. The smallest absolute Gasteiger partial charge is 0.343 e. The zero-order valence-electron chi connectivity index (χ0n) is 14.0. The molecule has 0 aliphatic rings. The minimum Gasteiger partial charge on any atom is -0.343 e. The second kappa shape index (κ2) is 7.86. The molecule has 144 valence electrons. The molecule has 3 rings (SSSR count). The van der Waals surface area contributed by atoms with E-state index in [0.717, 1.165) is 0 Å². The topological polar surface area (TPSA) is 110 Å². The summed E-state index contributed by atoms with van der Waals surface area (Å²) in [5.74, 6) is -2.68. The highest BCUT2D eigenvalue weighted by molar-refractivity contribution is 5.99. The SMILES string of the molecule is O=C(CNC(=O)c1ccc(-c2noc(C(F)(F)F)n2)cc1)Nc1cccnc1. The summed E-state index contributed by atoms with van der Waals surface area (Å²) in [6.07, 6.45) is -1.72. The first-order valence-corrected chi connectivity index (χ1v) is 7.82. The van der Waals surface area contributed by atoms with Crippen LogP contribution in [0.25, 0.3) is 11.4 Å². The Morgan fingerprint density at radius 1 is 1.11 bits per heavy atom. The van der Waals surface area contributed by atoms with Crippen LogP contribution in [-0.2, 0) is 11.0 Å². The van der Waals surface area contributed by atoms with Gasteiger partial charge in [0.05, 0.1) is 18.4 Å². The minimum atomic E-state index is -4.73. The standard InChI is InChI=1S/C17H12F3N5O3/c18-17(19,20)16-24-14(25-28-16)10-3-5-11(6-4-10)15(27)22-9-13(26)23-12-2-1-7-21-8-12/h1-8H,9H2,(H,22,27)(H,23,26). The molecule has 2 aromatic heterocycles. The monoisotopic (exact) mass is 391 g/mol. The number of hydrogen-bond donors (Lipinski definition) is 2. The van der Waals surface area contributed by atoms with Crippen molar-refractivity contribution >= 4 is 17.5 Å². The Balaban J connectivity index is 1.58. The first-order chi connectivity index (χ1) is 13.3. The summed E-state index contributed by atoms with van der Waals surface area (Å²) in [7, 11) is 0. The van der Waals surface area contributed by atoms with Crippen molar-refractivity contribution in [1.82, 2.24) is 20.4 Å². The highest BCUT2D eigenvalue weighted by Gasteiger charge is 2.38. The Labute approximate surface area is 155 Å². The number of nitrogens with one attached hydrogen (secondary N) is 2. The average molecular weight is 391 g/mol. The van der Waals surface area contributed by atoms with Crippen LogP contribution >= 0.6 is 0 Å². The third-order valence-electron chi connectivity index (χ3n) is 3.43. The van der Waals surface area contributed by atoms with Gasteiger partial charge in [-0.05, 0) is 24.3 Å². The van der Waals surface area contributed by atoms with E-state index in [-0.39, 0.29) is 23.5 Å². The highest BCUT2D eigenvalue weighted by atomic mass is 19.4. The van der Waals surface area contributed by atoms with E-state index in [2.05, 4.69) is 30.3 Å². The summed E-state index contributed by atoms with van der Waals surface area (Å²) in [5, 5.41) is 8.25. The van der Waals surface area contributed by atoms with Crippen molar-refractivity contribution in [1.29, 1.82) is 0 Å². The number of carbonyl (C=O) groups is 2. The van der Waals surface area contributed by atoms with Gasteiger partial charge < -0.3 is 15.2 Å². The molecule has 0 bridgehead atoms. The van der Waals surface area contributed by atoms with Crippen molar-refractivity contribution in [3.8, 4) is 11.4 Å². The van der Waals surface area contributed by atoms with E-state index in [1.807, 2.05) is 0 Å². The van der Waals surface area contributed by atoms with Gasteiger partial charge in [-0.25, -0.2) is 0 Å². The van der Waals surface area contributed by atoms with Gasteiger partial charge in [-0.3, -0.25) is 14.6 Å². The molecule has 0 saturated heterocycles. The summed E-state index contributed by atoms with van der Waals surface area (Å²) in [4.78, 5) is 31.0. The second-order valence-electron chi connectivity index (χ2n) is 5.47. The molecule has 0 radical (unpaired) electrons. The lowest BCUT2D eigenvalue weighted by atomic mass is 10.1. The molecular formula is C17H12F3N5O3. The first-order valence-electron chi connectivity index (χ1n) is 7.82. The summed E-state index contributed by atoms with van der Waals surface area (Å²) < 4.78 is 41.6. The molecular weight excluding hydrogens is 379 g/mol. The first kappa shape index (κ1) is 19.0. The third kappa shape index (κ3) is 4.69. The fourth-order valence-electron chi connectivity index (χ4n) is 2.13. The molecule has 0 aliphatic carbocycles. The molecule has 8 nitrogen and oxygen atoms in total. The number of carbonyl (C=O) groups excluding carboxylic acids is 2. The van der Waals surface area contributed by atoms with Crippen molar-refractivity contribution in [2.45, 2.75) is 6.18 Å². The Hall–Kier alpha value is -3.76. The normalized spacial score (nSPS) is 11.1. The fourth-order valence-corrected chi connectivity index (χ4v) is 2.13. The van der Waals surface area contributed by atoms with Crippen LogP contribution in [0.15, 0.2) is 53.3 Å². The van der Waals surface area contributed by atoms with Crippen LogP contribution in [0.2, 0.25) is 0 Å². The predicted octanol–water partition coefficient (Wildman–Crippen LogP) is 2.52. The molecule has 2 amide bonds. The number of anilines is 1. The Bertz CT molecular complexity index is 972. The molecule has 28 heavy (non-hydrogen) atoms. The molecule has 0 fully saturated rings. The summed E-state index contributed by atoms with van der Waals surface area (Å²) >= 11 is 0. The predicted molar refractivity (Wildman–Crippen MR) is 89.9 cm³/mol. The molecule has 2 N–H and O–H groups in total. The largest absolute Gasteiger partial charge is 0.471 e. The lowest BCUT2D eigenvalue weighted by molar-refractivity contribution is -0.159. The molecule has 0 unspecified atom stereocenters. The molecule has 0 atom stereocenters. The van der Waals surface area contributed by atoms with Crippen LogP contribution in [-0.4, -0.2) is 33.5 Å². The minimum absolute atomic E-state index is 0.206. The molecule has 0 aliphatic heterocycles. The zero-order chi connectivity index (χ0) is 20.1. The van der Waals surface area contributed by atoms with Gasteiger partial charge in [-0.2, -0.15) is 18.2 Å². The number of nitrogens with zero attached hydrogens (tertiary/aromatic N) is 3. The van der Waals surface area contributed by atoms with Crippen LogP contribution in [0.3, 0.4) is 0 Å². The average Bonchev–Trinajstić information content (AvgIpc) is 3.18. The quantitative estimate of drug-likeness (QED) is 0.692. The summed E-state index contributed by atoms with van der Waals surface area (Å²) in [6.45, 7) is -0.269. The van der Waals surface area contributed by atoms with Gasteiger partial charge >= 0.3 is 12.1 Å². The van der Waals surface area contributed by atoms with Crippen molar-refractivity contribution in [2.75, 3.05) is 11.9 Å². The number of benzene rings is 1. The van der Waals surface area contributed by atoms with Gasteiger partial charge in [0.15, 0.2) is 0 Å². The number of hydrogen-bond acceptors (Lipinski definition) is 6. The molecule has 0 spiro atoms. The number of rotatable bonds is 5. The Kier molecular flexibility index (Phi) is 5.34. The number of amides is 2. The second-order valence-corrected chi connectivity index (χ2v) is 5.47. The maximum absolute atomic E-state index is 12.5. The lowest BCUT2D eigenvalue weighted by Gasteiger charge is -2.07. The van der Waals surface area contributed by atoms with E-state index in [9.17, 15) is 22.8 Å². The summed E-state index contributed by atoms with van der Waals surface area (Å²) in [5.41, 5.74) is 0.937. The third-order valence-corrected chi connectivity index (χ3v) is 3.43. The summed E-state index contributed by atoms with van der Waals surface area (Å²) in [6, 6.07) is 8.77. The Morgan fingerprint density at radius 2 is 1.86 bits per heavy atom. The van der Waals surface area contributed by atoms with E-state index in [4.69, 9.17) is 0 Å². The number of pyridine rings is 1. The van der Waals surface area contributed by atoms with Crippen LogP contribution in [0, 0.1) is 0 Å². The van der Waals surface area contributed by atoms with Crippen molar-refractivity contribution in [3.05, 3.63) is 60.2 Å². The van der Waals surface area contributed by atoms with E-state index >= 15 is 0 Å². The zero-order valence-corrected chi connectivity index (χ0v) is 14.0. The van der Waals surface area contributed by atoms with Crippen LogP contribution < -0.4 is 10.6 Å². The van der Waals surface area contributed by atoms with Crippen molar-refractivity contribution in [2.24, 2.45) is 0 Å². The van der Waals surface area contributed by atoms with Gasteiger partial charge in [0.1, 0.15) is 0 Å². The molecule has 2 heterocycles. The lowest BCUT2D eigenvalue weighted by Crippen LogP contribution is -2.32. The number of halogens is 3. The fraction of sp³-hybridized carbons (Fsp3) is 0.118. The van der Waals surface area contributed by atoms with Gasteiger partial charge in [0, 0.05) is 17.3 Å². The maximum Gasteiger partial charge on any atom is 0.471 e. The van der Waals surface area contributed by atoms with Crippen LogP contribution in [0.5, 0.6) is 0 Å². The molecule has 11 heteroatoms.